The quantitative estimate of drug-likeness (QED) is 0.389. The van der Waals surface area contributed by atoms with Gasteiger partial charge in [0.05, 0.1) is 12.3 Å². The van der Waals surface area contributed by atoms with E-state index in [1.54, 1.807) is 6.07 Å². The Kier molecular flexibility index (Phi) is 5.56. The third-order valence-corrected chi connectivity index (χ3v) is 3.50. The number of thioether (sulfide) groups is 1. The van der Waals surface area contributed by atoms with E-state index in [-0.39, 0.29) is 16.8 Å². The van der Waals surface area contributed by atoms with E-state index in [1.807, 2.05) is 18.2 Å². The number of halogens is 1. The zero-order chi connectivity index (χ0) is 15.9. The summed E-state index contributed by atoms with van der Waals surface area (Å²) in [6.07, 6.45) is 1.25. The molecule has 0 radical (unpaired) electrons. The van der Waals surface area contributed by atoms with Crippen LogP contribution in [0, 0.1) is 10.1 Å². The summed E-state index contributed by atoms with van der Waals surface area (Å²) in [7, 11) is 0. The predicted octanol–water partition coefficient (Wildman–Crippen LogP) is 3.42. The van der Waals surface area contributed by atoms with Crippen molar-refractivity contribution in [2.75, 3.05) is 0 Å². The largest absolute Gasteiger partial charge is 0.433 e. The van der Waals surface area contributed by atoms with Crippen LogP contribution in [0.1, 0.15) is 11.3 Å². The minimum atomic E-state index is -0.629. The third-order valence-electron chi connectivity index (χ3n) is 2.41. The number of hydrogen-bond acceptors (Lipinski definition) is 6. The Morgan fingerprint density at radius 2 is 2.27 bits per heavy atom. The predicted molar refractivity (Wildman–Crippen MR) is 87.3 cm³/mol. The van der Waals surface area contributed by atoms with E-state index in [9.17, 15) is 10.1 Å². The molecule has 0 bridgehead atoms. The lowest BCUT2D eigenvalue weighted by molar-refractivity contribution is -0.402. The molecule has 1 aromatic heterocycles. The summed E-state index contributed by atoms with van der Waals surface area (Å²) < 4.78 is 4.89. The smallest absolute Gasteiger partial charge is 0.400 e. The van der Waals surface area contributed by atoms with Crippen LogP contribution < -0.4 is 5.73 Å². The first-order chi connectivity index (χ1) is 10.5. The summed E-state index contributed by atoms with van der Waals surface area (Å²) in [5.74, 6) is 0.481. The number of nitrogens with two attached hydrogens (primary N) is 1. The maximum Gasteiger partial charge on any atom is 0.433 e. The van der Waals surface area contributed by atoms with Crippen LogP contribution in [0.2, 0.25) is 5.02 Å². The molecule has 0 fully saturated rings. The first-order valence-corrected chi connectivity index (χ1v) is 7.39. The van der Waals surface area contributed by atoms with Crippen molar-refractivity contribution >= 4 is 40.6 Å². The number of benzene rings is 1. The fraction of sp³-hybridized carbons (Fsp3) is 0.0769. The molecule has 2 rings (SSSR count). The van der Waals surface area contributed by atoms with Gasteiger partial charge in [-0.05, 0) is 23.8 Å². The summed E-state index contributed by atoms with van der Waals surface area (Å²) in [6.45, 7) is 0. The second-order valence-corrected chi connectivity index (χ2v) is 5.47. The Morgan fingerprint density at radius 1 is 1.45 bits per heavy atom. The van der Waals surface area contributed by atoms with Gasteiger partial charge >= 0.3 is 5.88 Å². The zero-order valence-electron chi connectivity index (χ0n) is 11.2. The molecular weight excluding hydrogens is 328 g/mol. The molecule has 0 amide bonds. The highest BCUT2D eigenvalue weighted by molar-refractivity contribution is 8.13. The average Bonchev–Trinajstić information content (AvgIpc) is 2.94. The SMILES string of the molecule is N/C(=N\N=C\c1ccc([N+](=O)[O-])o1)SCc1cccc(Cl)c1. The number of rotatable bonds is 5. The molecule has 0 unspecified atom stereocenters. The molecule has 114 valence electrons. The monoisotopic (exact) mass is 338 g/mol. The Balaban J connectivity index is 1.88. The van der Waals surface area contributed by atoms with Crippen LogP contribution in [0.15, 0.2) is 51.0 Å². The molecule has 0 spiro atoms. The summed E-state index contributed by atoms with van der Waals surface area (Å²) in [5.41, 5.74) is 6.72. The van der Waals surface area contributed by atoms with Crippen molar-refractivity contribution in [3.63, 3.8) is 0 Å². The van der Waals surface area contributed by atoms with Crippen molar-refractivity contribution in [2.45, 2.75) is 5.75 Å². The molecule has 1 aromatic carbocycles. The minimum Gasteiger partial charge on any atom is -0.400 e. The average molecular weight is 339 g/mol. The number of nitro groups is 1. The topological polar surface area (TPSA) is 107 Å². The van der Waals surface area contributed by atoms with Crippen molar-refractivity contribution in [3.05, 3.63) is 62.9 Å². The van der Waals surface area contributed by atoms with Crippen LogP contribution in [0.25, 0.3) is 0 Å². The number of nitrogens with zero attached hydrogens (tertiary/aromatic N) is 3. The summed E-state index contributed by atoms with van der Waals surface area (Å²) >= 11 is 7.18. The van der Waals surface area contributed by atoms with Crippen molar-refractivity contribution in [1.29, 1.82) is 0 Å². The van der Waals surface area contributed by atoms with Crippen LogP contribution in [-0.4, -0.2) is 16.3 Å². The summed E-state index contributed by atoms with van der Waals surface area (Å²) in [6, 6.07) is 10.1. The molecule has 2 N–H and O–H groups in total. The summed E-state index contributed by atoms with van der Waals surface area (Å²) in [4.78, 5) is 9.82. The van der Waals surface area contributed by atoms with Gasteiger partial charge in [0, 0.05) is 10.8 Å². The van der Waals surface area contributed by atoms with Gasteiger partial charge in [0.1, 0.15) is 4.92 Å². The van der Waals surface area contributed by atoms with Gasteiger partial charge in [0.2, 0.25) is 0 Å². The van der Waals surface area contributed by atoms with E-state index >= 15 is 0 Å². The standard InChI is InChI=1S/C13H11ClN4O3S/c14-10-3-1-2-9(6-10)8-22-13(15)17-16-7-11-4-5-12(21-11)18(19)20/h1-7H,8H2,(H2,15,17)/b16-7+. The highest BCUT2D eigenvalue weighted by Crippen LogP contribution is 2.17. The lowest BCUT2D eigenvalue weighted by atomic mass is 10.2. The highest BCUT2D eigenvalue weighted by Gasteiger charge is 2.10. The number of furan rings is 1. The molecule has 0 aliphatic heterocycles. The Morgan fingerprint density at radius 3 is 2.95 bits per heavy atom. The third kappa shape index (κ3) is 4.90. The molecule has 7 nitrogen and oxygen atoms in total. The highest BCUT2D eigenvalue weighted by atomic mass is 35.5. The first kappa shape index (κ1) is 16.1. The van der Waals surface area contributed by atoms with Crippen molar-refractivity contribution in [3.8, 4) is 0 Å². The van der Waals surface area contributed by atoms with Crippen LogP contribution >= 0.6 is 23.4 Å². The molecule has 1 heterocycles. The van der Waals surface area contributed by atoms with Gasteiger partial charge in [0.15, 0.2) is 10.9 Å². The van der Waals surface area contributed by atoms with Crippen LogP contribution in [0.5, 0.6) is 0 Å². The molecule has 0 saturated carbocycles. The van der Waals surface area contributed by atoms with E-state index in [4.69, 9.17) is 21.8 Å². The zero-order valence-corrected chi connectivity index (χ0v) is 12.8. The van der Waals surface area contributed by atoms with Crippen molar-refractivity contribution < 1.29 is 9.34 Å². The van der Waals surface area contributed by atoms with Gasteiger partial charge in [-0.3, -0.25) is 10.1 Å². The van der Waals surface area contributed by atoms with Crippen LogP contribution in [-0.2, 0) is 5.75 Å². The second-order valence-electron chi connectivity index (χ2n) is 4.03. The maximum absolute atomic E-state index is 10.4. The Labute approximate surface area is 135 Å². The second kappa shape index (κ2) is 7.62. The van der Waals surface area contributed by atoms with Gasteiger partial charge in [-0.15, -0.1) is 5.10 Å². The van der Waals surface area contributed by atoms with Gasteiger partial charge in [-0.25, -0.2) is 0 Å². The van der Waals surface area contributed by atoms with Gasteiger partial charge in [-0.1, -0.05) is 35.5 Å². The van der Waals surface area contributed by atoms with Gasteiger partial charge in [-0.2, -0.15) is 5.10 Å². The van der Waals surface area contributed by atoms with Gasteiger partial charge < -0.3 is 10.2 Å². The van der Waals surface area contributed by atoms with E-state index in [0.717, 1.165) is 5.56 Å². The maximum atomic E-state index is 10.4. The van der Waals surface area contributed by atoms with Crippen molar-refractivity contribution in [2.24, 2.45) is 15.9 Å². The van der Waals surface area contributed by atoms with Crippen molar-refractivity contribution in [1.82, 2.24) is 0 Å². The summed E-state index contributed by atoms with van der Waals surface area (Å²) in [5, 5.41) is 18.9. The normalized spacial score (nSPS) is 12.0. The molecule has 9 heteroatoms. The number of hydrogen-bond donors (Lipinski definition) is 1. The fourth-order valence-corrected chi connectivity index (χ4v) is 2.28. The number of amidine groups is 1. The molecule has 0 aliphatic carbocycles. The van der Waals surface area contributed by atoms with E-state index in [0.29, 0.717) is 10.8 Å². The van der Waals surface area contributed by atoms with Crippen LogP contribution in [0.4, 0.5) is 5.88 Å². The van der Waals surface area contributed by atoms with E-state index in [2.05, 4.69) is 10.2 Å². The fourth-order valence-electron chi connectivity index (χ4n) is 1.47. The molecule has 0 saturated heterocycles. The first-order valence-electron chi connectivity index (χ1n) is 6.02. The molecule has 0 atom stereocenters. The molecular formula is C13H11ClN4O3S. The molecule has 22 heavy (non-hydrogen) atoms. The van der Waals surface area contributed by atoms with Gasteiger partial charge in [0.25, 0.3) is 0 Å². The lowest BCUT2D eigenvalue weighted by Crippen LogP contribution is -2.06. The van der Waals surface area contributed by atoms with E-state index in [1.165, 1.54) is 30.1 Å². The molecule has 2 aromatic rings. The van der Waals surface area contributed by atoms with Crippen LogP contribution in [0.3, 0.4) is 0 Å². The Hall–Kier alpha value is -2.32. The lowest BCUT2D eigenvalue weighted by Gasteiger charge is -2.00. The Bertz CT molecular complexity index is 730. The molecule has 0 aliphatic rings. The van der Waals surface area contributed by atoms with E-state index < -0.39 is 4.92 Å². The minimum absolute atomic E-state index is 0.225.